The average Bonchev–Trinajstić information content (AvgIpc) is 3.25. The maximum atomic E-state index is 8.23. The topological polar surface area (TPSA) is 68.2 Å². The van der Waals surface area contributed by atoms with Gasteiger partial charge in [-0.1, -0.05) is 29.3 Å². The molecular weight excluding hydrogens is 380 g/mol. The van der Waals surface area contributed by atoms with Crippen LogP contribution in [0.25, 0.3) is 17.2 Å². The Morgan fingerprint density at radius 1 is 1.18 bits per heavy atom. The third-order valence-corrected chi connectivity index (χ3v) is 5.14. The summed E-state index contributed by atoms with van der Waals surface area (Å²) in [6.07, 6.45) is 2.74. The molecule has 3 aromatic rings. The van der Waals surface area contributed by atoms with Crippen LogP contribution < -0.4 is 14.2 Å². The van der Waals surface area contributed by atoms with Crippen LogP contribution in [0.2, 0.25) is 0 Å². The zero-order valence-electron chi connectivity index (χ0n) is 15.4. The second kappa shape index (κ2) is 8.66. The Labute approximate surface area is 166 Å². The number of rotatable bonds is 8. The Hall–Kier alpha value is -2.52. The standard InChI is InChI=1S/C20H20N2O5S/c1-2-21-15-8-3-5-10-17(15)24-19(21)14-20-22(12-7-13-28-27-26-23)16-9-4-6-11-18(16)25-20/h3-6,8-11,14H,2,7,12-13H2,1H3/p+1. The lowest BCUT2D eigenvalue weighted by Crippen LogP contribution is -2.36. The molecule has 1 aromatic heterocycles. The smallest absolute Gasteiger partial charge is 0.379 e. The van der Waals surface area contributed by atoms with E-state index in [9.17, 15) is 0 Å². The first kappa shape index (κ1) is 18.8. The van der Waals surface area contributed by atoms with E-state index in [0.29, 0.717) is 11.6 Å². The first-order valence-electron chi connectivity index (χ1n) is 9.09. The zero-order chi connectivity index (χ0) is 19.3. The first-order chi connectivity index (χ1) is 13.8. The van der Waals surface area contributed by atoms with E-state index in [4.69, 9.17) is 14.4 Å². The summed E-state index contributed by atoms with van der Waals surface area (Å²) in [5, 5.41) is 11.9. The minimum Gasteiger partial charge on any atom is -0.438 e. The van der Waals surface area contributed by atoms with E-state index in [-0.39, 0.29) is 0 Å². The zero-order valence-corrected chi connectivity index (χ0v) is 16.2. The van der Waals surface area contributed by atoms with Gasteiger partial charge in [0.2, 0.25) is 11.5 Å². The summed E-state index contributed by atoms with van der Waals surface area (Å²) >= 11 is 1.05. The van der Waals surface area contributed by atoms with Gasteiger partial charge in [-0.05, 0) is 25.1 Å². The SMILES string of the molecule is CCN1/C(=C\c2oc3ccccc3[n+]2CCCSOOO)Oc2ccccc21. The molecule has 2 aromatic carbocycles. The van der Waals surface area contributed by atoms with E-state index in [1.807, 2.05) is 54.6 Å². The third kappa shape index (κ3) is 3.72. The summed E-state index contributed by atoms with van der Waals surface area (Å²) in [6, 6.07) is 15.9. The predicted molar refractivity (Wildman–Crippen MR) is 106 cm³/mol. The summed E-state index contributed by atoms with van der Waals surface area (Å²) in [5.41, 5.74) is 2.88. The van der Waals surface area contributed by atoms with Gasteiger partial charge >= 0.3 is 5.89 Å². The second-order valence-corrected chi connectivity index (χ2v) is 6.95. The maximum Gasteiger partial charge on any atom is 0.379 e. The van der Waals surface area contributed by atoms with Crippen LogP contribution in [0, 0.1) is 0 Å². The van der Waals surface area contributed by atoms with Gasteiger partial charge in [0.25, 0.3) is 5.52 Å². The van der Waals surface area contributed by atoms with Gasteiger partial charge in [0.15, 0.2) is 12.3 Å². The van der Waals surface area contributed by atoms with Crippen molar-refractivity contribution in [3.05, 3.63) is 60.3 Å². The molecule has 0 unspecified atom stereocenters. The van der Waals surface area contributed by atoms with Crippen molar-refractivity contribution in [3.8, 4) is 5.75 Å². The van der Waals surface area contributed by atoms with Gasteiger partial charge in [0.1, 0.15) is 6.08 Å². The average molecular weight is 401 g/mol. The van der Waals surface area contributed by atoms with Gasteiger partial charge in [-0.2, -0.15) is 4.57 Å². The van der Waals surface area contributed by atoms with Crippen molar-refractivity contribution in [1.29, 1.82) is 0 Å². The Morgan fingerprint density at radius 3 is 2.86 bits per heavy atom. The summed E-state index contributed by atoms with van der Waals surface area (Å²) in [7, 11) is 0. The van der Waals surface area contributed by atoms with Gasteiger partial charge in [0, 0.05) is 36.8 Å². The van der Waals surface area contributed by atoms with Gasteiger partial charge in [0.05, 0.1) is 5.69 Å². The summed E-state index contributed by atoms with van der Waals surface area (Å²) < 4.78 is 18.7. The van der Waals surface area contributed by atoms with E-state index in [1.165, 1.54) is 0 Å². The van der Waals surface area contributed by atoms with Crippen molar-refractivity contribution in [1.82, 2.24) is 0 Å². The summed E-state index contributed by atoms with van der Waals surface area (Å²) in [4.78, 5) is 2.12. The molecule has 0 spiro atoms. The van der Waals surface area contributed by atoms with Gasteiger partial charge in [-0.25, -0.2) is 5.26 Å². The highest BCUT2D eigenvalue weighted by atomic mass is 32.2. The molecule has 1 N–H and O–H groups in total. The lowest BCUT2D eigenvalue weighted by Gasteiger charge is -2.14. The van der Waals surface area contributed by atoms with Crippen LogP contribution >= 0.6 is 12.0 Å². The lowest BCUT2D eigenvalue weighted by molar-refractivity contribution is -0.677. The van der Waals surface area contributed by atoms with E-state index < -0.39 is 0 Å². The monoisotopic (exact) mass is 401 g/mol. The highest BCUT2D eigenvalue weighted by Crippen LogP contribution is 2.38. The number of para-hydroxylation sites is 4. The predicted octanol–water partition coefficient (Wildman–Crippen LogP) is 4.40. The Kier molecular flexibility index (Phi) is 5.82. The Morgan fingerprint density at radius 2 is 2.00 bits per heavy atom. The fraction of sp³-hybridized carbons (Fsp3) is 0.250. The molecule has 0 amide bonds. The van der Waals surface area contributed by atoms with Crippen LogP contribution in [-0.4, -0.2) is 17.6 Å². The number of aromatic nitrogens is 1. The highest BCUT2D eigenvalue weighted by molar-refractivity contribution is 7.94. The molecule has 4 rings (SSSR count). The number of fused-ring (bicyclic) bond motifs is 2. The molecular formula is C20H21N2O5S+. The van der Waals surface area contributed by atoms with E-state index >= 15 is 0 Å². The van der Waals surface area contributed by atoms with Gasteiger partial charge in [-0.15, -0.1) is 4.33 Å². The molecule has 0 aliphatic carbocycles. The largest absolute Gasteiger partial charge is 0.438 e. The fourth-order valence-corrected chi connectivity index (χ4v) is 3.68. The summed E-state index contributed by atoms with van der Waals surface area (Å²) in [6.45, 7) is 3.60. The van der Waals surface area contributed by atoms with Crippen molar-refractivity contribution in [3.63, 3.8) is 0 Å². The number of nitrogens with zero attached hydrogens (tertiary/aromatic N) is 2. The first-order valence-corrected chi connectivity index (χ1v) is 10.00. The van der Waals surface area contributed by atoms with Crippen molar-refractivity contribution in [2.24, 2.45) is 0 Å². The van der Waals surface area contributed by atoms with E-state index in [0.717, 1.165) is 60.0 Å². The van der Waals surface area contributed by atoms with Crippen molar-refractivity contribution in [2.45, 2.75) is 19.9 Å². The van der Waals surface area contributed by atoms with Gasteiger partial charge in [-0.3, -0.25) is 0 Å². The van der Waals surface area contributed by atoms with Crippen molar-refractivity contribution >= 4 is 34.9 Å². The summed E-state index contributed by atoms with van der Waals surface area (Å²) in [5.74, 6) is 2.96. The molecule has 0 bridgehead atoms. The third-order valence-electron chi connectivity index (χ3n) is 4.52. The number of anilines is 1. The minimum atomic E-state index is 0.659. The second-order valence-electron chi connectivity index (χ2n) is 6.17. The van der Waals surface area contributed by atoms with Crippen LogP contribution in [0.3, 0.4) is 0 Å². The minimum absolute atomic E-state index is 0.659. The quantitative estimate of drug-likeness (QED) is 0.197. The number of oxazole rings is 1. The molecule has 8 heteroatoms. The van der Waals surface area contributed by atoms with Gasteiger partial charge < -0.3 is 14.1 Å². The molecule has 0 saturated heterocycles. The molecule has 146 valence electrons. The Bertz CT molecular complexity index is 988. The van der Waals surface area contributed by atoms with Crippen LogP contribution in [0.15, 0.2) is 58.8 Å². The molecule has 1 aliphatic heterocycles. The van der Waals surface area contributed by atoms with Crippen LogP contribution in [-0.2, 0) is 15.9 Å². The maximum absolute atomic E-state index is 8.23. The molecule has 0 atom stereocenters. The number of aryl methyl sites for hydroxylation is 1. The van der Waals surface area contributed by atoms with Crippen molar-refractivity contribution < 1.29 is 28.4 Å². The molecule has 0 fully saturated rings. The number of hydrogen-bond acceptors (Lipinski definition) is 7. The fourth-order valence-electron chi connectivity index (χ4n) is 3.32. The lowest BCUT2D eigenvalue weighted by atomic mass is 10.3. The molecule has 28 heavy (non-hydrogen) atoms. The van der Waals surface area contributed by atoms with Crippen LogP contribution in [0.5, 0.6) is 5.75 Å². The molecule has 1 aliphatic rings. The Balaban J connectivity index is 1.65. The number of hydrogen-bond donors (Lipinski definition) is 1. The number of benzene rings is 2. The van der Waals surface area contributed by atoms with E-state index in [1.54, 1.807) is 0 Å². The highest BCUT2D eigenvalue weighted by Gasteiger charge is 2.28. The molecule has 0 radical (unpaired) electrons. The molecule has 7 nitrogen and oxygen atoms in total. The molecule has 2 heterocycles. The number of ether oxygens (including phenoxy) is 1. The normalized spacial score (nSPS) is 14.6. The van der Waals surface area contributed by atoms with Crippen LogP contribution in [0.1, 0.15) is 19.2 Å². The van der Waals surface area contributed by atoms with Crippen LogP contribution in [0.4, 0.5) is 5.69 Å². The van der Waals surface area contributed by atoms with E-state index in [2.05, 4.69) is 25.8 Å². The molecule has 0 saturated carbocycles. The van der Waals surface area contributed by atoms with Crippen molar-refractivity contribution in [2.75, 3.05) is 17.2 Å².